The molecule has 4 heteroatoms. The third-order valence-electron chi connectivity index (χ3n) is 4.97. The smallest absolute Gasteiger partial charge is 0.119 e. The quantitative estimate of drug-likeness (QED) is 0.357. The van der Waals surface area contributed by atoms with E-state index < -0.39 is 0 Å². The third-order valence-corrected chi connectivity index (χ3v) is 4.97. The maximum absolute atomic E-state index is 5.85. The second-order valence-corrected chi connectivity index (χ2v) is 7.15. The summed E-state index contributed by atoms with van der Waals surface area (Å²) in [6, 6.07) is 28.7. The van der Waals surface area contributed by atoms with Crippen molar-refractivity contribution in [2.24, 2.45) is 0 Å². The Labute approximate surface area is 177 Å². The normalized spacial score (nSPS) is 10.8. The first-order valence-corrected chi connectivity index (χ1v) is 10.2. The van der Waals surface area contributed by atoms with Crippen LogP contribution in [0.1, 0.15) is 17.8 Å². The molecule has 0 bridgehead atoms. The van der Waals surface area contributed by atoms with Crippen molar-refractivity contribution >= 4 is 0 Å². The SMILES string of the molecule is COc1cccc(COCCCc2nc(-c3ccccc3)c(-c3ccccc3)[nH]2)c1. The summed E-state index contributed by atoms with van der Waals surface area (Å²) in [4.78, 5) is 8.44. The molecule has 0 spiro atoms. The lowest BCUT2D eigenvalue weighted by Gasteiger charge is -2.05. The fraction of sp³-hybridized carbons (Fsp3) is 0.192. The number of ether oxygens (including phenoxy) is 2. The number of aromatic amines is 1. The highest BCUT2D eigenvalue weighted by molar-refractivity contribution is 5.78. The molecule has 0 amide bonds. The van der Waals surface area contributed by atoms with Crippen molar-refractivity contribution in [1.82, 2.24) is 9.97 Å². The third kappa shape index (κ3) is 4.97. The lowest BCUT2D eigenvalue weighted by Crippen LogP contribution is -1.99. The average Bonchev–Trinajstić information content (AvgIpc) is 3.24. The summed E-state index contributed by atoms with van der Waals surface area (Å²) >= 11 is 0. The molecular weight excluding hydrogens is 372 g/mol. The topological polar surface area (TPSA) is 47.1 Å². The lowest BCUT2D eigenvalue weighted by atomic mass is 10.1. The monoisotopic (exact) mass is 398 g/mol. The first kappa shape index (κ1) is 19.9. The highest BCUT2D eigenvalue weighted by atomic mass is 16.5. The Hall–Kier alpha value is -3.37. The van der Waals surface area contributed by atoms with Gasteiger partial charge in [-0.05, 0) is 24.1 Å². The Morgan fingerprint density at radius 2 is 1.57 bits per heavy atom. The summed E-state index contributed by atoms with van der Waals surface area (Å²) < 4.78 is 11.1. The summed E-state index contributed by atoms with van der Waals surface area (Å²) in [5.41, 5.74) is 5.44. The minimum Gasteiger partial charge on any atom is -0.497 e. The lowest BCUT2D eigenvalue weighted by molar-refractivity contribution is 0.118. The summed E-state index contributed by atoms with van der Waals surface area (Å²) in [6.45, 7) is 1.26. The van der Waals surface area contributed by atoms with E-state index >= 15 is 0 Å². The molecule has 0 saturated heterocycles. The van der Waals surface area contributed by atoms with Crippen molar-refractivity contribution in [2.45, 2.75) is 19.4 Å². The molecule has 0 aliphatic rings. The fourth-order valence-electron chi connectivity index (χ4n) is 3.45. The second kappa shape index (κ2) is 9.90. The maximum Gasteiger partial charge on any atom is 0.119 e. The van der Waals surface area contributed by atoms with E-state index in [4.69, 9.17) is 14.5 Å². The van der Waals surface area contributed by atoms with Gasteiger partial charge in [0.25, 0.3) is 0 Å². The minimum atomic E-state index is 0.583. The molecule has 0 aliphatic carbocycles. The van der Waals surface area contributed by atoms with E-state index in [1.54, 1.807) is 7.11 Å². The molecular formula is C26H26N2O2. The number of aryl methyl sites for hydroxylation is 1. The van der Waals surface area contributed by atoms with Gasteiger partial charge in [0.15, 0.2) is 0 Å². The zero-order valence-corrected chi connectivity index (χ0v) is 17.2. The Kier molecular flexibility index (Phi) is 6.58. The Morgan fingerprint density at radius 1 is 0.833 bits per heavy atom. The van der Waals surface area contributed by atoms with E-state index in [0.29, 0.717) is 13.2 Å². The number of imidazole rings is 1. The van der Waals surface area contributed by atoms with Crippen LogP contribution in [0.25, 0.3) is 22.5 Å². The van der Waals surface area contributed by atoms with Crippen LogP contribution in [0, 0.1) is 0 Å². The van der Waals surface area contributed by atoms with Gasteiger partial charge in [-0.3, -0.25) is 0 Å². The maximum atomic E-state index is 5.85. The molecule has 30 heavy (non-hydrogen) atoms. The van der Waals surface area contributed by atoms with Gasteiger partial charge in [-0.25, -0.2) is 4.98 Å². The number of hydrogen-bond acceptors (Lipinski definition) is 3. The summed E-state index contributed by atoms with van der Waals surface area (Å²) in [6.07, 6.45) is 1.74. The van der Waals surface area contributed by atoms with E-state index in [-0.39, 0.29) is 0 Å². The molecule has 0 unspecified atom stereocenters. The molecule has 0 aliphatic heterocycles. The van der Waals surface area contributed by atoms with Crippen molar-refractivity contribution < 1.29 is 9.47 Å². The number of H-pyrrole nitrogens is 1. The predicted octanol–water partition coefficient (Wildman–Crippen LogP) is 5.90. The Morgan fingerprint density at radius 3 is 2.30 bits per heavy atom. The minimum absolute atomic E-state index is 0.583. The van der Waals surface area contributed by atoms with Crippen molar-refractivity contribution in [3.63, 3.8) is 0 Å². The molecule has 0 saturated carbocycles. The van der Waals surface area contributed by atoms with Gasteiger partial charge in [0.05, 0.1) is 25.1 Å². The highest BCUT2D eigenvalue weighted by Gasteiger charge is 2.13. The van der Waals surface area contributed by atoms with Gasteiger partial charge in [0.2, 0.25) is 0 Å². The summed E-state index contributed by atoms with van der Waals surface area (Å²) in [5.74, 6) is 1.84. The largest absolute Gasteiger partial charge is 0.497 e. The van der Waals surface area contributed by atoms with Gasteiger partial charge in [0.1, 0.15) is 11.6 Å². The van der Waals surface area contributed by atoms with Gasteiger partial charge >= 0.3 is 0 Å². The van der Waals surface area contributed by atoms with Crippen LogP contribution in [0.15, 0.2) is 84.9 Å². The van der Waals surface area contributed by atoms with E-state index in [2.05, 4.69) is 41.4 Å². The van der Waals surface area contributed by atoms with Crippen LogP contribution in [-0.4, -0.2) is 23.7 Å². The number of rotatable bonds is 9. The summed E-state index contributed by atoms with van der Waals surface area (Å²) in [7, 11) is 1.68. The van der Waals surface area contributed by atoms with Crippen LogP contribution in [0.3, 0.4) is 0 Å². The molecule has 1 heterocycles. The van der Waals surface area contributed by atoms with E-state index in [1.807, 2.05) is 48.5 Å². The molecule has 0 atom stereocenters. The van der Waals surface area contributed by atoms with Crippen LogP contribution in [0.5, 0.6) is 5.75 Å². The van der Waals surface area contributed by atoms with E-state index in [9.17, 15) is 0 Å². The number of benzene rings is 3. The van der Waals surface area contributed by atoms with Crippen LogP contribution in [0.4, 0.5) is 0 Å². The van der Waals surface area contributed by atoms with Gasteiger partial charge in [-0.15, -0.1) is 0 Å². The van der Waals surface area contributed by atoms with Crippen LogP contribution >= 0.6 is 0 Å². The molecule has 4 aromatic rings. The van der Waals surface area contributed by atoms with Crippen molar-refractivity contribution in [2.75, 3.05) is 13.7 Å². The number of methoxy groups -OCH3 is 1. The molecule has 4 nitrogen and oxygen atoms in total. The van der Waals surface area contributed by atoms with E-state index in [1.165, 1.54) is 0 Å². The number of nitrogens with zero attached hydrogens (tertiary/aromatic N) is 1. The van der Waals surface area contributed by atoms with Crippen molar-refractivity contribution in [1.29, 1.82) is 0 Å². The molecule has 152 valence electrons. The first-order chi connectivity index (χ1) is 14.8. The van der Waals surface area contributed by atoms with E-state index in [0.717, 1.165) is 52.5 Å². The Bertz CT molecular complexity index is 1000. The van der Waals surface area contributed by atoms with Crippen LogP contribution < -0.4 is 4.74 Å². The van der Waals surface area contributed by atoms with Gasteiger partial charge < -0.3 is 14.5 Å². The molecule has 0 radical (unpaired) electrons. The zero-order valence-electron chi connectivity index (χ0n) is 17.2. The molecule has 1 aromatic heterocycles. The average molecular weight is 399 g/mol. The zero-order chi connectivity index (χ0) is 20.6. The molecule has 3 aromatic carbocycles. The molecule has 1 N–H and O–H groups in total. The van der Waals surface area contributed by atoms with Gasteiger partial charge in [0, 0.05) is 24.2 Å². The van der Waals surface area contributed by atoms with Gasteiger partial charge in [-0.2, -0.15) is 0 Å². The molecule has 4 rings (SSSR count). The second-order valence-electron chi connectivity index (χ2n) is 7.15. The van der Waals surface area contributed by atoms with Crippen LogP contribution in [-0.2, 0) is 17.8 Å². The van der Waals surface area contributed by atoms with Crippen LogP contribution in [0.2, 0.25) is 0 Å². The van der Waals surface area contributed by atoms with Crippen molar-refractivity contribution in [3.05, 3.63) is 96.3 Å². The standard InChI is InChI=1S/C26H26N2O2/c1-29-23-15-8-10-20(18-23)19-30-17-9-16-24-27-25(21-11-4-2-5-12-21)26(28-24)22-13-6-3-7-14-22/h2-8,10-15,18H,9,16-17,19H2,1H3,(H,27,28). The summed E-state index contributed by atoms with van der Waals surface area (Å²) in [5, 5.41) is 0. The first-order valence-electron chi connectivity index (χ1n) is 10.2. The fourth-order valence-corrected chi connectivity index (χ4v) is 3.45. The predicted molar refractivity (Wildman–Crippen MR) is 120 cm³/mol. The number of nitrogens with one attached hydrogen (secondary N) is 1. The van der Waals surface area contributed by atoms with Crippen molar-refractivity contribution in [3.8, 4) is 28.3 Å². The number of hydrogen-bond donors (Lipinski definition) is 1. The highest BCUT2D eigenvalue weighted by Crippen LogP contribution is 2.30. The Balaban J connectivity index is 1.40. The van der Waals surface area contributed by atoms with Gasteiger partial charge in [-0.1, -0.05) is 72.8 Å². The molecule has 0 fully saturated rings. The number of aromatic nitrogens is 2.